The molecule has 0 aromatic heterocycles. The number of likely N-dealkylation sites (tertiary alicyclic amines) is 1. The van der Waals surface area contributed by atoms with Gasteiger partial charge in [0.2, 0.25) is 0 Å². The molecule has 4 nitrogen and oxygen atoms in total. The molecular weight excluding hydrogens is 245 g/mol. The first-order chi connectivity index (χ1) is 8.00. The van der Waals surface area contributed by atoms with Crippen LogP contribution in [-0.2, 0) is 0 Å². The van der Waals surface area contributed by atoms with Crippen LogP contribution >= 0.6 is 11.6 Å². The Morgan fingerprint density at radius 2 is 2.29 bits per heavy atom. The summed E-state index contributed by atoms with van der Waals surface area (Å²) in [6.07, 6.45) is 1.03. The molecule has 0 radical (unpaired) electrons. The van der Waals surface area contributed by atoms with Crippen LogP contribution in [0.25, 0.3) is 0 Å². The predicted molar refractivity (Wildman–Crippen MR) is 62.5 cm³/mol. The Hall–Kier alpha value is -1.62. The van der Waals surface area contributed by atoms with Crippen molar-refractivity contribution in [2.75, 3.05) is 0 Å². The van der Waals surface area contributed by atoms with Gasteiger partial charge in [-0.15, -0.1) is 0 Å². The van der Waals surface area contributed by atoms with E-state index in [1.54, 1.807) is 6.07 Å². The van der Waals surface area contributed by atoms with Gasteiger partial charge in [0.25, 0.3) is 0 Å². The van der Waals surface area contributed by atoms with Crippen LogP contribution in [0.4, 0.5) is 9.18 Å². The summed E-state index contributed by atoms with van der Waals surface area (Å²) < 4.78 is 13.3. The summed E-state index contributed by atoms with van der Waals surface area (Å²) in [7, 11) is 0. The molecule has 17 heavy (non-hydrogen) atoms. The van der Waals surface area contributed by atoms with Gasteiger partial charge in [-0.1, -0.05) is 17.7 Å². The summed E-state index contributed by atoms with van der Waals surface area (Å²) in [4.78, 5) is 12.4. The maximum absolute atomic E-state index is 13.3. The third kappa shape index (κ3) is 2.10. The molecule has 0 bridgehead atoms. The average Bonchev–Trinajstić information content (AvgIpc) is 2.64. The van der Waals surface area contributed by atoms with Crippen LogP contribution in [0.3, 0.4) is 0 Å². The Kier molecular flexibility index (Phi) is 3.02. The van der Waals surface area contributed by atoms with E-state index in [0.29, 0.717) is 18.4 Å². The molecule has 0 aliphatic carbocycles. The first-order valence-electron chi connectivity index (χ1n) is 5.11. The molecule has 1 atom stereocenters. The first-order valence-corrected chi connectivity index (χ1v) is 5.49. The lowest BCUT2D eigenvalue weighted by Gasteiger charge is -2.22. The Balaban J connectivity index is 2.36. The number of amides is 2. The third-order valence-corrected chi connectivity index (χ3v) is 3.13. The van der Waals surface area contributed by atoms with E-state index < -0.39 is 11.8 Å². The van der Waals surface area contributed by atoms with Crippen LogP contribution in [-0.4, -0.2) is 16.8 Å². The van der Waals surface area contributed by atoms with Gasteiger partial charge in [0.1, 0.15) is 11.7 Å². The SMILES string of the molecule is N=C1CCC(c2ccc(Cl)c(F)c2)N1C(N)=O. The number of primary amides is 1. The van der Waals surface area contributed by atoms with Gasteiger partial charge in [-0.25, -0.2) is 9.18 Å². The van der Waals surface area contributed by atoms with Gasteiger partial charge in [-0.3, -0.25) is 10.3 Å². The Bertz CT molecular complexity index is 492. The topological polar surface area (TPSA) is 70.2 Å². The fourth-order valence-electron chi connectivity index (χ4n) is 2.03. The van der Waals surface area contributed by atoms with Crippen molar-refractivity contribution >= 4 is 23.5 Å². The zero-order valence-electron chi connectivity index (χ0n) is 8.91. The van der Waals surface area contributed by atoms with Crippen molar-refractivity contribution < 1.29 is 9.18 Å². The molecule has 0 spiro atoms. The number of nitrogens with two attached hydrogens (primary N) is 1. The molecule has 3 N–H and O–H groups in total. The van der Waals surface area contributed by atoms with Gasteiger partial charge in [0, 0.05) is 6.42 Å². The second-order valence-electron chi connectivity index (χ2n) is 3.88. The van der Waals surface area contributed by atoms with E-state index in [9.17, 15) is 9.18 Å². The number of nitrogens with one attached hydrogen (secondary N) is 1. The van der Waals surface area contributed by atoms with Gasteiger partial charge < -0.3 is 5.73 Å². The number of nitrogens with zero attached hydrogens (tertiary/aromatic N) is 1. The van der Waals surface area contributed by atoms with Crippen LogP contribution < -0.4 is 5.73 Å². The zero-order valence-corrected chi connectivity index (χ0v) is 9.67. The van der Waals surface area contributed by atoms with Crippen molar-refractivity contribution in [3.05, 3.63) is 34.6 Å². The summed E-state index contributed by atoms with van der Waals surface area (Å²) in [5.41, 5.74) is 5.81. The van der Waals surface area contributed by atoms with Crippen LogP contribution in [0.1, 0.15) is 24.4 Å². The van der Waals surface area contributed by atoms with Gasteiger partial charge in [-0.05, 0) is 24.1 Å². The fourth-order valence-corrected chi connectivity index (χ4v) is 2.15. The summed E-state index contributed by atoms with van der Waals surface area (Å²) in [6.45, 7) is 0. The molecule has 1 aliphatic rings. The second-order valence-corrected chi connectivity index (χ2v) is 4.29. The molecular formula is C11H11ClFN3O. The molecule has 1 aromatic rings. The lowest BCUT2D eigenvalue weighted by Crippen LogP contribution is -2.38. The molecule has 1 heterocycles. The van der Waals surface area contributed by atoms with E-state index in [-0.39, 0.29) is 16.9 Å². The van der Waals surface area contributed by atoms with Gasteiger partial charge in [-0.2, -0.15) is 0 Å². The zero-order chi connectivity index (χ0) is 12.6. The van der Waals surface area contributed by atoms with Crippen LogP contribution in [0.5, 0.6) is 0 Å². The van der Waals surface area contributed by atoms with E-state index in [1.165, 1.54) is 17.0 Å². The van der Waals surface area contributed by atoms with Crippen LogP contribution in [0, 0.1) is 11.2 Å². The number of hydrogen-bond acceptors (Lipinski definition) is 2. The highest BCUT2D eigenvalue weighted by Gasteiger charge is 2.33. The third-order valence-electron chi connectivity index (χ3n) is 2.82. The Morgan fingerprint density at radius 3 is 2.88 bits per heavy atom. The van der Waals surface area contributed by atoms with E-state index in [0.717, 1.165) is 0 Å². The lowest BCUT2D eigenvalue weighted by molar-refractivity contribution is 0.221. The minimum absolute atomic E-state index is 0.0347. The standard InChI is InChI=1S/C11H11ClFN3O/c12-7-2-1-6(5-8(7)13)9-3-4-10(14)16(9)11(15)17/h1-2,5,9,14H,3-4H2,(H2,15,17). The molecule has 90 valence electrons. The van der Waals surface area contributed by atoms with Crippen molar-refractivity contribution in [3.8, 4) is 0 Å². The van der Waals surface area contributed by atoms with E-state index in [4.69, 9.17) is 22.7 Å². The van der Waals surface area contributed by atoms with Crippen molar-refractivity contribution in [3.63, 3.8) is 0 Å². The molecule has 1 fully saturated rings. The van der Waals surface area contributed by atoms with Gasteiger partial charge >= 0.3 is 6.03 Å². The Morgan fingerprint density at radius 1 is 1.59 bits per heavy atom. The maximum Gasteiger partial charge on any atom is 0.320 e. The van der Waals surface area contributed by atoms with Crippen molar-refractivity contribution in [1.82, 2.24) is 4.90 Å². The number of hydrogen-bond donors (Lipinski definition) is 2. The highest BCUT2D eigenvalue weighted by atomic mass is 35.5. The number of urea groups is 1. The van der Waals surface area contributed by atoms with E-state index in [1.807, 2.05) is 0 Å². The molecule has 1 aromatic carbocycles. The van der Waals surface area contributed by atoms with E-state index in [2.05, 4.69) is 0 Å². The minimum atomic E-state index is -0.687. The fraction of sp³-hybridized carbons (Fsp3) is 0.273. The molecule has 6 heteroatoms. The van der Waals surface area contributed by atoms with Crippen molar-refractivity contribution in [2.45, 2.75) is 18.9 Å². The number of benzene rings is 1. The molecule has 1 aliphatic heterocycles. The molecule has 1 saturated heterocycles. The molecule has 0 saturated carbocycles. The summed E-state index contributed by atoms with van der Waals surface area (Å²) in [6, 6.07) is 3.30. The number of carbonyl (C=O) groups excluding carboxylic acids is 1. The first kappa shape index (κ1) is 11.9. The summed E-state index contributed by atoms with van der Waals surface area (Å²) >= 11 is 5.59. The van der Waals surface area contributed by atoms with Gasteiger partial charge in [0.15, 0.2) is 0 Å². The number of halogens is 2. The highest BCUT2D eigenvalue weighted by Crippen LogP contribution is 2.33. The summed E-state index contributed by atoms with van der Waals surface area (Å²) in [5.74, 6) is -0.370. The van der Waals surface area contributed by atoms with Crippen molar-refractivity contribution in [1.29, 1.82) is 5.41 Å². The smallest absolute Gasteiger partial charge is 0.320 e. The van der Waals surface area contributed by atoms with Crippen LogP contribution in [0.2, 0.25) is 5.02 Å². The Labute approximate surface area is 103 Å². The monoisotopic (exact) mass is 255 g/mol. The molecule has 1 unspecified atom stereocenters. The van der Waals surface area contributed by atoms with Crippen LogP contribution in [0.15, 0.2) is 18.2 Å². The van der Waals surface area contributed by atoms with E-state index >= 15 is 0 Å². The minimum Gasteiger partial charge on any atom is -0.351 e. The van der Waals surface area contributed by atoms with Gasteiger partial charge in [0.05, 0.1) is 11.1 Å². The highest BCUT2D eigenvalue weighted by molar-refractivity contribution is 6.30. The quantitative estimate of drug-likeness (QED) is 0.796. The normalized spacial score (nSPS) is 19.8. The molecule has 2 rings (SSSR count). The van der Waals surface area contributed by atoms with Crippen molar-refractivity contribution in [2.24, 2.45) is 5.73 Å². The number of carbonyl (C=O) groups is 1. The lowest BCUT2D eigenvalue weighted by atomic mass is 10.0. The molecule has 2 amide bonds. The second kappa shape index (κ2) is 4.33. The average molecular weight is 256 g/mol. The number of amidine groups is 1. The predicted octanol–water partition coefficient (Wildman–Crippen LogP) is 2.67. The number of rotatable bonds is 1. The largest absolute Gasteiger partial charge is 0.351 e. The maximum atomic E-state index is 13.3. The summed E-state index contributed by atoms with van der Waals surface area (Å²) in [5, 5.41) is 7.65.